The number of aromatic amines is 1. The fourth-order valence-electron chi connectivity index (χ4n) is 5.87. The number of nitrogens with zero attached hydrogens (tertiary/aromatic N) is 2. The van der Waals surface area contributed by atoms with Gasteiger partial charge >= 0.3 is 6.09 Å². The first-order chi connectivity index (χ1) is 16.4. The Bertz CT molecular complexity index is 1080. The average molecular weight is 486 g/mol. The smallest absolute Gasteiger partial charge is 0.410 e. The molecule has 1 aromatic heterocycles. The van der Waals surface area contributed by atoms with Gasteiger partial charge in [-0.05, 0) is 88.5 Å². The quantitative estimate of drug-likeness (QED) is 0.572. The standard InChI is InChI=1S/C28H40FN3O3/c1-17(2)25-24-22(21-12-11-20(29)15-23(21)30-24)13-14-32(25)26(33)19-9-7-18(8-10-19)16-31(6)27(34)35-28(3,4)5/h11-12,15,17-19,25,30H,7-10,13-14,16H2,1-6H3/t18?,19?,25-/m1/s1. The predicted octanol–water partition coefficient (Wildman–Crippen LogP) is 6.06. The van der Waals surface area contributed by atoms with Gasteiger partial charge in [-0.3, -0.25) is 4.79 Å². The number of aromatic nitrogens is 1. The summed E-state index contributed by atoms with van der Waals surface area (Å²) in [5.74, 6) is 0.629. The molecule has 0 saturated heterocycles. The summed E-state index contributed by atoms with van der Waals surface area (Å²) in [7, 11) is 1.79. The summed E-state index contributed by atoms with van der Waals surface area (Å²) in [6.07, 6.45) is 4.04. The lowest BCUT2D eigenvalue weighted by atomic mass is 9.80. The highest BCUT2D eigenvalue weighted by atomic mass is 19.1. The Balaban J connectivity index is 1.41. The van der Waals surface area contributed by atoms with Gasteiger partial charge in [-0.2, -0.15) is 0 Å². The van der Waals surface area contributed by atoms with E-state index in [-0.39, 0.29) is 35.7 Å². The van der Waals surface area contributed by atoms with Gasteiger partial charge < -0.3 is 19.5 Å². The Morgan fingerprint density at radius 3 is 2.51 bits per heavy atom. The second-order valence-corrected chi connectivity index (χ2v) is 11.8. The van der Waals surface area contributed by atoms with E-state index in [1.807, 2.05) is 26.8 Å². The lowest BCUT2D eigenvalue weighted by molar-refractivity contribution is -0.141. The maximum atomic E-state index is 13.8. The van der Waals surface area contributed by atoms with Crippen LogP contribution in [0.2, 0.25) is 0 Å². The summed E-state index contributed by atoms with van der Waals surface area (Å²) in [6.45, 7) is 11.3. The molecule has 0 unspecified atom stereocenters. The van der Waals surface area contributed by atoms with Crippen LogP contribution in [0.25, 0.3) is 10.9 Å². The van der Waals surface area contributed by atoms with Crippen molar-refractivity contribution >= 4 is 22.9 Å². The van der Waals surface area contributed by atoms with E-state index in [4.69, 9.17) is 4.74 Å². The van der Waals surface area contributed by atoms with Gasteiger partial charge in [0.25, 0.3) is 0 Å². The molecule has 7 heteroatoms. The minimum Gasteiger partial charge on any atom is -0.444 e. The number of halogens is 1. The Morgan fingerprint density at radius 1 is 1.20 bits per heavy atom. The first-order valence-electron chi connectivity index (χ1n) is 13.0. The highest BCUT2D eigenvalue weighted by Gasteiger charge is 2.39. The number of rotatable bonds is 4. The van der Waals surface area contributed by atoms with Crippen LogP contribution in [-0.2, 0) is 16.0 Å². The van der Waals surface area contributed by atoms with E-state index >= 15 is 0 Å². The molecule has 2 amide bonds. The van der Waals surface area contributed by atoms with Gasteiger partial charge in [-0.15, -0.1) is 0 Å². The maximum absolute atomic E-state index is 13.8. The van der Waals surface area contributed by atoms with Gasteiger partial charge in [0.05, 0.1) is 6.04 Å². The van der Waals surface area contributed by atoms with Crippen LogP contribution in [0.4, 0.5) is 9.18 Å². The zero-order chi connectivity index (χ0) is 25.5. The van der Waals surface area contributed by atoms with E-state index < -0.39 is 5.60 Å². The number of ether oxygens (including phenoxy) is 1. The minimum absolute atomic E-state index is 0.0164. The number of nitrogens with one attached hydrogen (secondary N) is 1. The van der Waals surface area contributed by atoms with Crippen molar-refractivity contribution in [3.8, 4) is 0 Å². The molecule has 1 aliphatic heterocycles. The number of fused-ring (bicyclic) bond motifs is 3. The predicted molar refractivity (Wildman–Crippen MR) is 136 cm³/mol. The molecule has 2 aliphatic rings. The molecular weight excluding hydrogens is 445 g/mol. The van der Waals surface area contributed by atoms with E-state index in [0.717, 1.165) is 48.7 Å². The summed E-state index contributed by atoms with van der Waals surface area (Å²) in [6, 6.07) is 4.88. The van der Waals surface area contributed by atoms with E-state index in [1.165, 1.54) is 11.6 Å². The molecule has 1 aliphatic carbocycles. The first kappa shape index (κ1) is 25.5. The normalized spacial score (nSPS) is 22.9. The van der Waals surface area contributed by atoms with Crippen LogP contribution in [0.5, 0.6) is 0 Å². The second-order valence-electron chi connectivity index (χ2n) is 11.8. The van der Waals surface area contributed by atoms with Crippen LogP contribution >= 0.6 is 0 Å². The van der Waals surface area contributed by atoms with Crippen LogP contribution in [0.15, 0.2) is 18.2 Å². The lowest BCUT2D eigenvalue weighted by Gasteiger charge is -2.41. The molecule has 0 bridgehead atoms. The van der Waals surface area contributed by atoms with Crippen LogP contribution < -0.4 is 0 Å². The van der Waals surface area contributed by atoms with Crippen molar-refractivity contribution in [1.29, 1.82) is 0 Å². The molecular formula is C28H40FN3O3. The first-order valence-corrected chi connectivity index (χ1v) is 13.0. The van der Waals surface area contributed by atoms with Crippen molar-refractivity contribution < 1.29 is 18.7 Å². The van der Waals surface area contributed by atoms with Crippen molar-refractivity contribution in [3.63, 3.8) is 0 Å². The number of carbonyl (C=O) groups excluding carboxylic acids is 2. The Hall–Kier alpha value is -2.57. The van der Waals surface area contributed by atoms with Crippen molar-refractivity contribution in [2.24, 2.45) is 17.8 Å². The fraction of sp³-hybridized carbons (Fsp3) is 0.643. The van der Waals surface area contributed by atoms with Crippen molar-refractivity contribution in [3.05, 3.63) is 35.3 Å². The number of amides is 2. The van der Waals surface area contributed by atoms with E-state index in [1.54, 1.807) is 18.0 Å². The van der Waals surface area contributed by atoms with Crippen molar-refractivity contribution in [2.75, 3.05) is 20.1 Å². The molecule has 4 rings (SSSR count). The van der Waals surface area contributed by atoms with Gasteiger partial charge in [-0.25, -0.2) is 9.18 Å². The van der Waals surface area contributed by atoms with Crippen LogP contribution in [-0.4, -0.2) is 52.5 Å². The number of hydrogen-bond donors (Lipinski definition) is 1. The zero-order valence-corrected chi connectivity index (χ0v) is 22.0. The van der Waals surface area contributed by atoms with Gasteiger partial charge in [0.2, 0.25) is 5.91 Å². The molecule has 2 aromatic rings. The SMILES string of the molecule is CC(C)[C@@H]1c2[nH]c3cc(F)ccc3c2CCN1C(=O)C1CCC(CN(C)C(=O)OC(C)(C)C)CC1. The summed E-state index contributed by atoms with van der Waals surface area (Å²) in [5.41, 5.74) is 2.59. The third-order valence-electron chi connectivity index (χ3n) is 7.48. The largest absolute Gasteiger partial charge is 0.444 e. The molecule has 0 spiro atoms. The van der Waals surface area contributed by atoms with E-state index in [9.17, 15) is 14.0 Å². The Morgan fingerprint density at radius 2 is 1.89 bits per heavy atom. The molecule has 6 nitrogen and oxygen atoms in total. The van der Waals surface area contributed by atoms with Gasteiger partial charge in [-0.1, -0.05) is 13.8 Å². The molecule has 0 radical (unpaired) electrons. The van der Waals surface area contributed by atoms with E-state index in [2.05, 4.69) is 23.7 Å². The summed E-state index contributed by atoms with van der Waals surface area (Å²) < 4.78 is 19.3. The summed E-state index contributed by atoms with van der Waals surface area (Å²) in [4.78, 5) is 33.2. The molecule has 35 heavy (non-hydrogen) atoms. The van der Waals surface area contributed by atoms with Crippen molar-refractivity contribution in [2.45, 2.75) is 78.4 Å². The van der Waals surface area contributed by atoms with Gasteiger partial charge in [0.15, 0.2) is 0 Å². The summed E-state index contributed by atoms with van der Waals surface area (Å²) >= 11 is 0. The van der Waals surface area contributed by atoms with Gasteiger partial charge in [0, 0.05) is 42.7 Å². The maximum Gasteiger partial charge on any atom is 0.410 e. The monoisotopic (exact) mass is 485 g/mol. The zero-order valence-electron chi connectivity index (χ0n) is 22.0. The van der Waals surface area contributed by atoms with Crippen LogP contribution in [0.3, 0.4) is 0 Å². The molecule has 1 fully saturated rings. The van der Waals surface area contributed by atoms with Gasteiger partial charge in [0.1, 0.15) is 11.4 Å². The number of H-pyrrole nitrogens is 1. The highest BCUT2D eigenvalue weighted by molar-refractivity contribution is 5.86. The average Bonchev–Trinajstić information content (AvgIpc) is 3.14. The van der Waals surface area contributed by atoms with Crippen LogP contribution in [0, 0.1) is 23.6 Å². The van der Waals surface area contributed by atoms with Crippen LogP contribution in [0.1, 0.15) is 77.6 Å². The number of hydrogen-bond acceptors (Lipinski definition) is 3. The molecule has 1 atom stereocenters. The van der Waals surface area contributed by atoms with Crippen molar-refractivity contribution in [1.82, 2.24) is 14.8 Å². The molecule has 192 valence electrons. The molecule has 1 N–H and O–H groups in total. The Labute approximate surface area is 208 Å². The third kappa shape index (κ3) is 5.49. The molecule has 1 aromatic carbocycles. The fourth-order valence-corrected chi connectivity index (χ4v) is 5.87. The number of carbonyl (C=O) groups is 2. The summed E-state index contributed by atoms with van der Waals surface area (Å²) in [5, 5.41) is 1.06. The number of benzene rings is 1. The minimum atomic E-state index is -0.504. The topological polar surface area (TPSA) is 65.6 Å². The highest BCUT2D eigenvalue weighted by Crippen LogP contribution is 2.41. The second kappa shape index (κ2) is 9.82. The van der Waals surface area contributed by atoms with E-state index in [0.29, 0.717) is 19.0 Å². The molecule has 2 heterocycles. The Kier molecular flexibility index (Phi) is 7.16. The molecule has 1 saturated carbocycles. The third-order valence-corrected chi connectivity index (χ3v) is 7.48. The lowest BCUT2D eigenvalue weighted by Crippen LogP contribution is -2.46.